The molecule has 0 saturated carbocycles. The molecule has 1 atom stereocenters. The van der Waals surface area contributed by atoms with Gasteiger partial charge in [0.25, 0.3) is 0 Å². The number of hydrogen-bond donors (Lipinski definition) is 1. The van der Waals surface area contributed by atoms with Crippen LogP contribution in [-0.2, 0) is 6.54 Å². The van der Waals surface area contributed by atoms with Crippen LogP contribution in [0.5, 0.6) is 0 Å². The quantitative estimate of drug-likeness (QED) is 0.514. The van der Waals surface area contributed by atoms with E-state index in [0.717, 1.165) is 19.5 Å². The van der Waals surface area contributed by atoms with Crippen molar-refractivity contribution in [1.29, 1.82) is 0 Å². The first-order valence-electron chi connectivity index (χ1n) is 9.08. The van der Waals surface area contributed by atoms with Gasteiger partial charge < -0.3 is 5.32 Å². The minimum atomic E-state index is 0.472. The van der Waals surface area contributed by atoms with Gasteiger partial charge in [-0.15, -0.1) is 0 Å². The summed E-state index contributed by atoms with van der Waals surface area (Å²) in [5.41, 5.74) is 1.37. The van der Waals surface area contributed by atoms with E-state index in [0.29, 0.717) is 6.04 Å². The Balaban J connectivity index is 2.34. The van der Waals surface area contributed by atoms with Gasteiger partial charge in [-0.3, -0.25) is 4.68 Å². The normalized spacial score (nSPS) is 12.7. The second-order valence-corrected chi connectivity index (χ2v) is 6.00. The molecule has 3 heteroatoms. The summed E-state index contributed by atoms with van der Waals surface area (Å²) in [6.45, 7) is 8.74. The van der Waals surface area contributed by atoms with Crippen molar-refractivity contribution in [3.8, 4) is 0 Å². The average Bonchev–Trinajstić information content (AvgIpc) is 2.94. The topological polar surface area (TPSA) is 29.9 Å². The Hall–Kier alpha value is -0.830. The number of unbranched alkanes of at least 4 members (excludes halogenated alkanes) is 6. The summed E-state index contributed by atoms with van der Waals surface area (Å²) in [7, 11) is 0. The third-order valence-electron chi connectivity index (χ3n) is 4.09. The second kappa shape index (κ2) is 11.8. The summed E-state index contributed by atoms with van der Waals surface area (Å²) in [6, 6.07) is 2.66. The number of rotatable bonds is 13. The molecule has 0 fully saturated rings. The smallest absolute Gasteiger partial charge is 0.0553 e. The molecule has 1 aromatic rings. The van der Waals surface area contributed by atoms with Crippen LogP contribution >= 0.6 is 0 Å². The van der Waals surface area contributed by atoms with Gasteiger partial charge in [-0.25, -0.2) is 0 Å². The minimum absolute atomic E-state index is 0.472. The molecule has 0 aromatic carbocycles. The van der Waals surface area contributed by atoms with Crippen LogP contribution in [0, 0.1) is 0 Å². The van der Waals surface area contributed by atoms with Crippen LogP contribution in [-0.4, -0.2) is 16.3 Å². The Morgan fingerprint density at radius 1 is 1.00 bits per heavy atom. The van der Waals surface area contributed by atoms with E-state index in [1.165, 1.54) is 57.1 Å². The van der Waals surface area contributed by atoms with E-state index in [-0.39, 0.29) is 0 Å². The molecule has 1 unspecified atom stereocenters. The molecule has 0 saturated heterocycles. The summed E-state index contributed by atoms with van der Waals surface area (Å²) in [5, 5.41) is 8.10. The Labute approximate surface area is 131 Å². The number of nitrogens with zero attached hydrogens (tertiary/aromatic N) is 2. The van der Waals surface area contributed by atoms with E-state index < -0.39 is 0 Å². The number of hydrogen-bond acceptors (Lipinski definition) is 2. The van der Waals surface area contributed by atoms with Crippen LogP contribution < -0.4 is 5.32 Å². The van der Waals surface area contributed by atoms with Crippen LogP contribution in [0.3, 0.4) is 0 Å². The third kappa shape index (κ3) is 7.12. The van der Waals surface area contributed by atoms with Crippen molar-refractivity contribution < 1.29 is 0 Å². The standard InChI is InChI=1S/C18H35N3/c1-4-7-8-9-10-11-12-13-17(19-6-3)18-14-15-20-21(18)16-5-2/h14-15,17,19H,4-13,16H2,1-3H3. The second-order valence-electron chi connectivity index (χ2n) is 6.00. The monoisotopic (exact) mass is 293 g/mol. The molecule has 1 rings (SSSR count). The SMILES string of the molecule is CCCCCCCCCC(NCC)c1ccnn1CCC. The number of aromatic nitrogens is 2. The third-order valence-corrected chi connectivity index (χ3v) is 4.09. The molecule has 1 aromatic heterocycles. The number of nitrogens with one attached hydrogen (secondary N) is 1. The molecular weight excluding hydrogens is 258 g/mol. The molecule has 0 amide bonds. The Kier molecular flexibility index (Phi) is 10.2. The van der Waals surface area contributed by atoms with E-state index >= 15 is 0 Å². The number of aryl methyl sites for hydroxylation is 1. The van der Waals surface area contributed by atoms with Crippen molar-refractivity contribution in [2.24, 2.45) is 0 Å². The highest BCUT2D eigenvalue weighted by molar-refractivity contribution is 5.07. The van der Waals surface area contributed by atoms with Gasteiger partial charge in [0.05, 0.1) is 5.69 Å². The minimum Gasteiger partial charge on any atom is -0.309 e. The maximum Gasteiger partial charge on any atom is 0.0553 e. The fraction of sp³-hybridized carbons (Fsp3) is 0.833. The van der Waals surface area contributed by atoms with Crippen molar-refractivity contribution >= 4 is 0 Å². The molecule has 0 aliphatic carbocycles. The summed E-state index contributed by atoms with van der Waals surface area (Å²) < 4.78 is 2.18. The fourth-order valence-electron chi connectivity index (χ4n) is 2.94. The van der Waals surface area contributed by atoms with Gasteiger partial charge in [-0.05, 0) is 25.5 Å². The van der Waals surface area contributed by atoms with Gasteiger partial charge >= 0.3 is 0 Å². The van der Waals surface area contributed by atoms with Crippen LogP contribution in [0.25, 0.3) is 0 Å². The summed E-state index contributed by atoms with van der Waals surface area (Å²) in [4.78, 5) is 0. The van der Waals surface area contributed by atoms with Crippen molar-refractivity contribution in [1.82, 2.24) is 15.1 Å². The molecule has 0 spiro atoms. The molecule has 1 heterocycles. The average molecular weight is 293 g/mol. The lowest BCUT2D eigenvalue weighted by atomic mass is 10.0. The lowest BCUT2D eigenvalue weighted by molar-refractivity contribution is 0.436. The van der Waals surface area contributed by atoms with Gasteiger partial charge in [-0.1, -0.05) is 65.7 Å². The maximum absolute atomic E-state index is 4.46. The zero-order chi connectivity index (χ0) is 15.3. The maximum atomic E-state index is 4.46. The van der Waals surface area contributed by atoms with Crippen molar-refractivity contribution in [3.63, 3.8) is 0 Å². The van der Waals surface area contributed by atoms with Gasteiger partial charge in [0.15, 0.2) is 0 Å². The summed E-state index contributed by atoms with van der Waals surface area (Å²) in [6.07, 6.45) is 14.0. The first kappa shape index (κ1) is 18.2. The van der Waals surface area contributed by atoms with Gasteiger partial charge in [0.1, 0.15) is 0 Å². The zero-order valence-electron chi connectivity index (χ0n) is 14.4. The lowest BCUT2D eigenvalue weighted by Gasteiger charge is -2.19. The molecule has 3 nitrogen and oxygen atoms in total. The van der Waals surface area contributed by atoms with E-state index in [9.17, 15) is 0 Å². The fourth-order valence-corrected chi connectivity index (χ4v) is 2.94. The van der Waals surface area contributed by atoms with Crippen molar-refractivity contribution in [3.05, 3.63) is 18.0 Å². The highest BCUT2D eigenvalue weighted by Crippen LogP contribution is 2.20. The molecule has 0 aliphatic rings. The van der Waals surface area contributed by atoms with Crippen LogP contribution in [0.1, 0.15) is 90.3 Å². The highest BCUT2D eigenvalue weighted by atomic mass is 15.3. The van der Waals surface area contributed by atoms with Gasteiger partial charge in [0, 0.05) is 18.8 Å². The largest absolute Gasteiger partial charge is 0.309 e. The summed E-state index contributed by atoms with van der Waals surface area (Å²) >= 11 is 0. The van der Waals surface area contributed by atoms with Gasteiger partial charge in [0.2, 0.25) is 0 Å². The van der Waals surface area contributed by atoms with Crippen LogP contribution in [0.4, 0.5) is 0 Å². The lowest BCUT2D eigenvalue weighted by Crippen LogP contribution is -2.24. The van der Waals surface area contributed by atoms with Crippen molar-refractivity contribution in [2.45, 2.75) is 91.1 Å². The molecule has 122 valence electrons. The van der Waals surface area contributed by atoms with E-state index in [1.807, 2.05) is 6.20 Å². The predicted molar refractivity (Wildman–Crippen MR) is 91.5 cm³/mol. The molecular formula is C18H35N3. The Bertz CT molecular complexity index is 346. The van der Waals surface area contributed by atoms with Crippen molar-refractivity contribution in [2.75, 3.05) is 6.54 Å². The Morgan fingerprint density at radius 3 is 2.38 bits per heavy atom. The molecule has 0 bridgehead atoms. The molecule has 0 radical (unpaired) electrons. The first-order valence-corrected chi connectivity index (χ1v) is 9.08. The summed E-state index contributed by atoms with van der Waals surface area (Å²) in [5.74, 6) is 0. The molecule has 0 aliphatic heterocycles. The van der Waals surface area contributed by atoms with Crippen LogP contribution in [0.15, 0.2) is 12.3 Å². The van der Waals surface area contributed by atoms with Gasteiger partial charge in [-0.2, -0.15) is 5.10 Å². The van der Waals surface area contributed by atoms with E-state index in [1.54, 1.807) is 0 Å². The van der Waals surface area contributed by atoms with E-state index in [4.69, 9.17) is 0 Å². The van der Waals surface area contributed by atoms with E-state index in [2.05, 4.69) is 41.9 Å². The zero-order valence-corrected chi connectivity index (χ0v) is 14.4. The van der Waals surface area contributed by atoms with Crippen LogP contribution in [0.2, 0.25) is 0 Å². The highest BCUT2D eigenvalue weighted by Gasteiger charge is 2.14. The Morgan fingerprint density at radius 2 is 1.71 bits per heavy atom. The predicted octanol–water partition coefficient (Wildman–Crippen LogP) is 5.08. The molecule has 21 heavy (non-hydrogen) atoms. The molecule has 1 N–H and O–H groups in total. The first-order chi connectivity index (χ1) is 10.3.